The van der Waals surface area contributed by atoms with Gasteiger partial charge in [-0.25, -0.2) is 0 Å². The summed E-state index contributed by atoms with van der Waals surface area (Å²) in [7, 11) is 0. The Labute approximate surface area is 115 Å². The van der Waals surface area contributed by atoms with E-state index in [1.54, 1.807) is 0 Å². The van der Waals surface area contributed by atoms with Crippen molar-refractivity contribution in [2.24, 2.45) is 0 Å². The van der Waals surface area contributed by atoms with Crippen molar-refractivity contribution in [2.45, 2.75) is 12.5 Å². The van der Waals surface area contributed by atoms with Crippen LogP contribution in [0.15, 0.2) is 6.07 Å². The van der Waals surface area contributed by atoms with Gasteiger partial charge in [-0.3, -0.25) is 4.79 Å². The summed E-state index contributed by atoms with van der Waals surface area (Å²) in [4.78, 5) is 22.4. The van der Waals surface area contributed by atoms with Gasteiger partial charge in [0.15, 0.2) is 0 Å². The first-order valence-electron chi connectivity index (χ1n) is 4.55. The highest BCUT2D eigenvalue weighted by Crippen LogP contribution is 2.39. The number of nitro groups is 1. The van der Waals surface area contributed by atoms with E-state index in [1.165, 1.54) is 0 Å². The summed E-state index contributed by atoms with van der Waals surface area (Å²) < 4.78 is 77.3. The zero-order chi connectivity index (χ0) is 16.6. The van der Waals surface area contributed by atoms with Crippen molar-refractivity contribution in [2.75, 3.05) is 0 Å². The highest BCUT2D eigenvalue weighted by atomic mass is 35.5. The van der Waals surface area contributed by atoms with Crippen molar-refractivity contribution < 1.29 is 40.8 Å². The number of hydrogen-bond acceptors (Lipinski definition) is 5. The molecule has 0 amide bonds. The van der Waals surface area contributed by atoms with Crippen LogP contribution in [0.2, 0.25) is 0 Å². The molecule has 0 atom stereocenters. The minimum Gasteiger partial charge on any atom is -0.366 e. The molecule has 0 fully saturated rings. The topological polar surface area (TPSA) is 82.3 Å². The van der Waals surface area contributed by atoms with Crippen LogP contribution in [0.3, 0.4) is 0 Å². The minimum absolute atomic E-state index is 0.223. The Balaban J connectivity index is 3.70. The number of carbonyl (C=O) groups is 1. The number of hydrogen-bond donors (Lipinski definition) is 0. The summed E-state index contributed by atoms with van der Waals surface area (Å²) in [5.74, 6) is -3.55. The van der Waals surface area contributed by atoms with Gasteiger partial charge in [0, 0.05) is 11.1 Å². The lowest BCUT2D eigenvalue weighted by atomic mass is 10.1. The van der Waals surface area contributed by atoms with Crippen molar-refractivity contribution >= 4 is 22.7 Å². The Morgan fingerprint density at radius 1 is 1.29 bits per heavy atom. The maximum Gasteiger partial charge on any atom is 0.575 e. The molecule has 6 nitrogen and oxygen atoms in total. The number of carbonyl (C=O) groups excluding carboxylic acids is 1. The molecule has 116 valence electrons. The normalized spacial score (nSPS) is 12.1. The molecule has 0 N–H and O–H groups in total. The number of ether oxygens (including phenoxy) is 1. The Morgan fingerprint density at radius 2 is 1.81 bits per heavy atom. The lowest BCUT2D eigenvalue weighted by Gasteiger charge is -2.12. The predicted molar refractivity (Wildman–Crippen MR) is 52.8 cm³/mol. The van der Waals surface area contributed by atoms with Crippen molar-refractivity contribution in [3.63, 3.8) is 0 Å². The number of nitrogens with zero attached hydrogens (tertiary/aromatic N) is 2. The van der Waals surface area contributed by atoms with Crippen LogP contribution < -0.4 is 4.74 Å². The molecular weight excluding hydrogens is 338 g/mol. The van der Waals surface area contributed by atoms with E-state index in [9.17, 15) is 41.3 Å². The molecule has 21 heavy (non-hydrogen) atoms. The average molecular weight is 339 g/mol. The van der Waals surface area contributed by atoms with Crippen LogP contribution in [0.5, 0.6) is 5.88 Å². The first-order valence-corrected chi connectivity index (χ1v) is 4.93. The molecule has 0 aliphatic rings. The van der Waals surface area contributed by atoms with Crippen LogP contribution >= 0.6 is 11.6 Å². The molecule has 1 aromatic heterocycles. The summed E-state index contributed by atoms with van der Waals surface area (Å²) in [5.41, 5.74) is -3.84. The van der Waals surface area contributed by atoms with Crippen molar-refractivity contribution in [3.05, 3.63) is 27.3 Å². The van der Waals surface area contributed by atoms with Crippen LogP contribution in [-0.2, 0) is 6.18 Å². The van der Waals surface area contributed by atoms with Crippen LogP contribution in [0, 0.1) is 10.1 Å². The van der Waals surface area contributed by atoms with Gasteiger partial charge in [-0.15, -0.1) is 13.2 Å². The van der Waals surface area contributed by atoms with E-state index in [2.05, 4.69) is 9.72 Å². The third-order valence-corrected chi connectivity index (χ3v) is 2.06. The highest BCUT2D eigenvalue weighted by Gasteiger charge is 2.44. The second-order valence-electron chi connectivity index (χ2n) is 3.28. The first-order chi connectivity index (χ1) is 9.33. The molecule has 0 saturated carbocycles. The number of rotatable bonds is 3. The van der Waals surface area contributed by atoms with Gasteiger partial charge in [0.05, 0.1) is 5.56 Å². The number of aromatic nitrogens is 1. The molecule has 0 aliphatic heterocycles. The molecule has 0 saturated heterocycles. The Hall–Kier alpha value is -2.11. The van der Waals surface area contributed by atoms with Crippen molar-refractivity contribution in [3.8, 4) is 5.88 Å². The average Bonchev–Trinajstić information content (AvgIpc) is 2.23. The smallest absolute Gasteiger partial charge is 0.366 e. The molecule has 0 bridgehead atoms. The number of halogens is 7. The summed E-state index contributed by atoms with van der Waals surface area (Å²) in [6.07, 6.45) is -10.9. The van der Waals surface area contributed by atoms with E-state index in [-0.39, 0.29) is 6.07 Å². The van der Waals surface area contributed by atoms with Crippen LogP contribution in [-0.4, -0.2) is 21.5 Å². The molecule has 0 aromatic carbocycles. The van der Waals surface area contributed by atoms with Gasteiger partial charge in [0.2, 0.25) is 0 Å². The van der Waals surface area contributed by atoms with Gasteiger partial charge >= 0.3 is 24.2 Å². The van der Waals surface area contributed by atoms with Gasteiger partial charge in [0.1, 0.15) is 5.56 Å². The minimum atomic E-state index is -5.54. The zero-order valence-electron chi connectivity index (χ0n) is 9.25. The standard InChI is InChI=1S/C8HClF6N2O4/c9-5(18)4-2(7(10,11)12)1-3(17(19)20)16-6(4)21-8(13,14)15/h1H. The quantitative estimate of drug-likeness (QED) is 0.365. The Kier molecular flexibility index (Phi) is 4.32. The SMILES string of the molecule is O=C(Cl)c1c(C(F)(F)F)cc([N+](=O)[O-])nc1OC(F)(F)F. The van der Waals surface area contributed by atoms with E-state index in [4.69, 9.17) is 11.6 Å². The van der Waals surface area contributed by atoms with Gasteiger partial charge in [-0.2, -0.15) is 13.2 Å². The summed E-state index contributed by atoms with van der Waals surface area (Å²) >= 11 is 4.78. The van der Waals surface area contributed by atoms with Crippen molar-refractivity contribution in [1.29, 1.82) is 0 Å². The first kappa shape index (κ1) is 16.9. The number of alkyl halides is 6. The molecule has 1 heterocycles. The summed E-state index contributed by atoms with van der Waals surface area (Å²) in [6, 6.07) is -0.223. The molecule has 0 aliphatic carbocycles. The fourth-order valence-corrected chi connectivity index (χ4v) is 1.38. The highest BCUT2D eigenvalue weighted by molar-refractivity contribution is 6.68. The van der Waals surface area contributed by atoms with Crippen LogP contribution in [0.4, 0.5) is 32.2 Å². The van der Waals surface area contributed by atoms with Gasteiger partial charge < -0.3 is 14.9 Å². The molecule has 0 spiro atoms. The summed E-state index contributed by atoms with van der Waals surface area (Å²) in [5, 5.41) is 8.43. The largest absolute Gasteiger partial charge is 0.575 e. The zero-order valence-corrected chi connectivity index (χ0v) is 10.0. The van der Waals surface area contributed by atoms with E-state index in [0.717, 1.165) is 0 Å². The molecular formula is C8HClF6N2O4. The van der Waals surface area contributed by atoms with Gasteiger partial charge in [-0.1, -0.05) is 0 Å². The summed E-state index contributed by atoms with van der Waals surface area (Å²) in [6.45, 7) is 0. The maximum absolute atomic E-state index is 12.7. The molecule has 1 aromatic rings. The van der Waals surface area contributed by atoms with E-state index < -0.39 is 45.5 Å². The van der Waals surface area contributed by atoms with Crippen molar-refractivity contribution in [1.82, 2.24) is 4.98 Å². The predicted octanol–water partition coefficient (Wildman–Crippen LogP) is 3.29. The maximum atomic E-state index is 12.7. The second kappa shape index (κ2) is 5.35. The molecule has 0 radical (unpaired) electrons. The van der Waals surface area contributed by atoms with Crippen LogP contribution in [0.1, 0.15) is 15.9 Å². The Morgan fingerprint density at radius 3 is 2.14 bits per heavy atom. The Bertz CT molecular complexity index is 600. The third kappa shape index (κ3) is 4.18. The molecule has 13 heteroatoms. The monoisotopic (exact) mass is 338 g/mol. The fourth-order valence-electron chi connectivity index (χ4n) is 1.20. The van der Waals surface area contributed by atoms with E-state index >= 15 is 0 Å². The lowest BCUT2D eigenvalue weighted by Crippen LogP contribution is -2.22. The molecule has 0 unspecified atom stereocenters. The molecule has 1 rings (SSSR count). The fraction of sp³-hybridized carbons (Fsp3) is 0.250. The lowest BCUT2D eigenvalue weighted by molar-refractivity contribution is -0.390. The van der Waals surface area contributed by atoms with Gasteiger partial charge in [-0.05, 0) is 16.5 Å². The van der Waals surface area contributed by atoms with Gasteiger partial charge in [0.25, 0.3) is 5.24 Å². The number of pyridine rings is 1. The van der Waals surface area contributed by atoms with Crippen LogP contribution in [0.25, 0.3) is 0 Å². The van der Waals surface area contributed by atoms with E-state index in [1.807, 2.05) is 0 Å². The second-order valence-corrected chi connectivity index (χ2v) is 3.63. The van der Waals surface area contributed by atoms with E-state index in [0.29, 0.717) is 0 Å². The third-order valence-electron chi connectivity index (χ3n) is 1.87.